The summed E-state index contributed by atoms with van der Waals surface area (Å²) in [7, 11) is 0. The van der Waals surface area contributed by atoms with Crippen LogP contribution in [-0.4, -0.2) is 21.2 Å². The summed E-state index contributed by atoms with van der Waals surface area (Å²) in [5.74, 6) is -1.46. The van der Waals surface area contributed by atoms with E-state index in [0.717, 1.165) is 11.1 Å². The normalized spacial score (nSPS) is 10.9. The van der Waals surface area contributed by atoms with Crippen molar-refractivity contribution in [2.75, 3.05) is 0 Å². The number of pyridine rings is 1. The summed E-state index contributed by atoms with van der Waals surface area (Å²) in [5.41, 5.74) is 2.57. The Morgan fingerprint density at radius 2 is 1.87 bits per heavy atom. The van der Waals surface area contributed by atoms with E-state index in [2.05, 4.69) is 4.98 Å². The summed E-state index contributed by atoms with van der Waals surface area (Å²) < 4.78 is 0. The number of halogens is 1. The van der Waals surface area contributed by atoms with Crippen LogP contribution in [0.4, 0.5) is 0 Å². The Kier molecular flexibility index (Phi) is 3.92. The van der Waals surface area contributed by atoms with E-state index in [0.29, 0.717) is 28.0 Å². The number of carbonyl (C=O) groups is 1. The molecule has 0 saturated carbocycles. The van der Waals surface area contributed by atoms with Crippen molar-refractivity contribution in [3.63, 3.8) is 0 Å². The van der Waals surface area contributed by atoms with Crippen LogP contribution in [-0.2, 0) is 6.42 Å². The highest BCUT2D eigenvalue weighted by Gasteiger charge is 2.20. The lowest BCUT2D eigenvalue weighted by Gasteiger charge is -2.12. The van der Waals surface area contributed by atoms with E-state index in [9.17, 15) is 15.0 Å². The van der Waals surface area contributed by atoms with Crippen LogP contribution >= 0.6 is 11.6 Å². The van der Waals surface area contributed by atoms with Crippen LogP contribution in [0.15, 0.2) is 42.5 Å². The zero-order chi connectivity index (χ0) is 16.6. The molecule has 2 N–H and O–H groups in total. The molecule has 0 saturated heterocycles. The van der Waals surface area contributed by atoms with Crippen LogP contribution in [0.3, 0.4) is 0 Å². The Labute approximate surface area is 138 Å². The third kappa shape index (κ3) is 2.85. The SMILES string of the molecule is Cc1cccc2c(C(=O)O)c(O)c(Cc3ccc(Cl)cc3)nc12. The van der Waals surface area contributed by atoms with Gasteiger partial charge >= 0.3 is 5.97 Å². The number of para-hydroxylation sites is 1. The van der Waals surface area contributed by atoms with Gasteiger partial charge in [0.15, 0.2) is 5.75 Å². The smallest absolute Gasteiger partial charge is 0.340 e. The first kappa shape index (κ1) is 15.3. The molecule has 5 heteroatoms. The fourth-order valence-corrected chi connectivity index (χ4v) is 2.73. The molecule has 116 valence electrons. The van der Waals surface area contributed by atoms with E-state index in [1.807, 2.05) is 25.1 Å². The highest BCUT2D eigenvalue weighted by Crippen LogP contribution is 2.31. The maximum Gasteiger partial charge on any atom is 0.340 e. The largest absolute Gasteiger partial charge is 0.505 e. The number of hydrogen-bond acceptors (Lipinski definition) is 3. The number of aromatic nitrogens is 1. The van der Waals surface area contributed by atoms with E-state index in [-0.39, 0.29) is 11.3 Å². The maximum absolute atomic E-state index is 11.6. The Balaban J connectivity index is 2.20. The molecule has 0 aliphatic rings. The quantitative estimate of drug-likeness (QED) is 0.756. The number of carboxylic acid groups (broad SMARTS) is 1. The Hall–Kier alpha value is -2.59. The third-order valence-corrected chi connectivity index (χ3v) is 4.01. The van der Waals surface area contributed by atoms with Crippen molar-refractivity contribution in [2.24, 2.45) is 0 Å². The fraction of sp³-hybridized carbons (Fsp3) is 0.111. The van der Waals surface area contributed by atoms with E-state index in [4.69, 9.17) is 11.6 Å². The van der Waals surface area contributed by atoms with Gasteiger partial charge in [-0.15, -0.1) is 0 Å². The minimum Gasteiger partial charge on any atom is -0.505 e. The molecule has 0 fully saturated rings. The van der Waals surface area contributed by atoms with E-state index < -0.39 is 5.97 Å². The molecule has 0 spiro atoms. The molecule has 0 amide bonds. The lowest BCUT2D eigenvalue weighted by atomic mass is 10.0. The molecule has 1 heterocycles. The highest BCUT2D eigenvalue weighted by atomic mass is 35.5. The summed E-state index contributed by atoms with van der Waals surface area (Å²) in [5, 5.41) is 20.9. The number of fused-ring (bicyclic) bond motifs is 1. The third-order valence-electron chi connectivity index (χ3n) is 3.76. The van der Waals surface area contributed by atoms with Crippen molar-refractivity contribution in [2.45, 2.75) is 13.3 Å². The predicted octanol–water partition coefficient (Wildman–Crippen LogP) is 4.19. The van der Waals surface area contributed by atoms with Crippen LogP contribution in [0.25, 0.3) is 10.9 Å². The minimum absolute atomic E-state index is 0.109. The van der Waals surface area contributed by atoms with Crippen LogP contribution < -0.4 is 0 Å². The van der Waals surface area contributed by atoms with Gasteiger partial charge in [-0.1, -0.05) is 41.9 Å². The van der Waals surface area contributed by atoms with Gasteiger partial charge in [0.2, 0.25) is 0 Å². The molecule has 0 bridgehead atoms. The molecular formula is C18H14ClNO3. The van der Waals surface area contributed by atoms with E-state index in [1.165, 1.54) is 0 Å². The summed E-state index contributed by atoms with van der Waals surface area (Å²) in [6, 6.07) is 12.4. The number of aromatic hydroxyl groups is 1. The van der Waals surface area contributed by atoms with Crippen LogP contribution in [0.1, 0.15) is 27.2 Å². The van der Waals surface area contributed by atoms with Crippen molar-refractivity contribution >= 4 is 28.5 Å². The van der Waals surface area contributed by atoms with Gasteiger partial charge in [0.25, 0.3) is 0 Å². The average Bonchev–Trinajstić information content (AvgIpc) is 2.51. The maximum atomic E-state index is 11.6. The fourth-order valence-electron chi connectivity index (χ4n) is 2.60. The van der Waals surface area contributed by atoms with Crippen molar-refractivity contribution in [1.29, 1.82) is 0 Å². The second kappa shape index (κ2) is 5.89. The summed E-state index contributed by atoms with van der Waals surface area (Å²) in [6.07, 6.45) is 0.327. The Bertz CT molecular complexity index is 904. The van der Waals surface area contributed by atoms with Crippen molar-refractivity contribution in [3.05, 3.63) is 69.9 Å². The molecule has 2 aromatic carbocycles. The summed E-state index contributed by atoms with van der Waals surface area (Å²) in [6.45, 7) is 1.87. The molecule has 0 unspecified atom stereocenters. The Morgan fingerprint density at radius 1 is 1.17 bits per heavy atom. The minimum atomic E-state index is -1.17. The molecule has 3 aromatic rings. The number of aromatic carboxylic acids is 1. The monoisotopic (exact) mass is 327 g/mol. The molecule has 0 aliphatic heterocycles. The number of carboxylic acids is 1. The topological polar surface area (TPSA) is 70.4 Å². The first-order valence-electron chi connectivity index (χ1n) is 7.06. The first-order valence-corrected chi connectivity index (χ1v) is 7.44. The molecule has 1 aromatic heterocycles. The van der Waals surface area contributed by atoms with Crippen molar-refractivity contribution in [1.82, 2.24) is 4.98 Å². The standard InChI is InChI=1S/C18H14ClNO3/c1-10-3-2-4-13-15(18(22)23)17(21)14(20-16(10)13)9-11-5-7-12(19)8-6-11/h2-8,21H,9H2,1H3,(H,22,23). The van der Waals surface area contributed by atoms with Crippen molar-refractivity contribution < 1.29 is 15.0 Å². The second-order valence-corrected chi connectivity index (χ2v) is 5.80. The first-order chi connectivity index (χ1) is 11.0. The number of benzene rings is 2. The molecule has 0 radical (unpaired) electrons. The number of nitrogens with zero attached hydrogens (tertiary/aromatic N) is 1. The number of rotatable bonds is 3. The lowest BCUT2D eigenvalue weighted by molar-refractivity contribution is 0.0695. The molecule has 0 atom stereocenters. The van der Waals surface area contributed by atoms with Gasteiger partial charge in [-0.2, -0.15) is 0 Å². The molecule has 23 heavy (non-hydrogen) atoms. The van der Waals surface area contributed by atoms with Gasteiger partial charge in [0.05, 0.1) is 11.2 Å². The van der Waals surface area contributed by atoms with Gasteiger partial charge < -0.3 is 10.2 Å². The van der Waals surface area contributed by atoms with Gasteiger partial charge in [0.1, 0.15) is 5.56 Å². The van der Waals surface area contributed by atoms with E-state index >= 15 is 0 Å². The van der Waals surface area contributed by atoms with Crippen LogP contribution in [0.2, 0.25) is 5.02 Å². The van der Waals surface area contributed by atoms with Crippen molar-refractivity contribution in [3.8, 4) is 5.75 Å². The van der Waals surface area contributed by atoms with E-state index in [1.54, 1.807) is 24.3 Å². The van der Waals surface area contributed by atoms with Crippen LogP contribution in [0, 0.1) is 6.92 Å². The zero-order valence-corrected chi connectivity index (χ0v) is 13.1. The predicted molar refractivity (Wildman–Crippen MR) is 89.4 cm³/mol. The highest BCUT2D eigenvalue weighted by molar-refractivity contribution is 6.30. The molecule has 0 aliphatic carbocycles. The second-order valence-electron chi connectivity index (χ2n) is 5.36. The number of aryl methyl sites for hydroxylation is 1. The lowest BCUT2D eigenvalue weighted by Crippen LogP contribution is -2.05. The average molecular weight is 328 g/mol. The van der Waals surface area contributed by atoms with Gasteiger partial charge in [-0.25, -0.2) is 9.78 Å². The Morgan fingerprint density at radius 3 is 2.52 bits per heavy atom. The van der Waals surface area contributed by atoms with Gasteiger partial charge in [0, 0.05) is 16.8 Å². The molecule has 3 rings (SSSR count). The number of hydrogen-bond donors (Lipinski definition) is 2. The molecular weight excluding hydrogens is 314 g/mol. The summed E-state index contributed by atoms with van der Waals surface area (Å²) >= 11 is 5.87. The molecule has 4 nitrogen and oxygen atoms in total. The van der Waals surface area contributed by atoms with Crippen LogP contribution in [0.5, 0.6) is 5.75 Å². The van der Waals surface area contributed by atoms with Gasteiger partial charge in [-0.05, 0) is 30.2 Å². The van der Waals surface area contributed by atoms with Gasteiger partial charge in [-0.3, -0.25) is 0 Å². The zero-order valence-electron chi connectivity index (χ0n) is 12.4. The summed E-state index contributed by atoms with van der Waals surface area (Å²) in [4.78, 5) is 16.1.